The van der Waals surface area contributed by atoms with Crippen LogP contribution in [0.5, 0.6) is 0 Å². The molecule has 2 heteroatoms. The Labute approximate surface area is 152 Å². The minimum absolute atomic E-state index is 1.02. The SMILES string of the molecule is CCCCCCCCCCCCCCCCCCN(C)C(C)=S. The fraction of sp³-hybridized carbons (Fsp3) is 0.952. The Morgan fingerprint density at radius 3 is 1.22 bits per heavy atom. The lowest BCUT2D eigenvalue weighted by atomic mass is 10.0. The molecular formula is C21H43NS. The fourth-order valence-corrected chi connectivity index (χ4v) is 3.15. The van der Waals surface area contributed by atoms with Crippen LogP contribution in [0.4, 0.5) is 0 Å². The Morgan fingerprint density at radius 1 is 0.609 bits per heavy atom. The van der Waals surface area contributed by atoms with Gasteiger partial charge in [-0.15, -0.1) is 0 Å². The zero-order valence-electron chi connectivity index (χ0n) is 16.4. The first kappa shape index (κ1) is 22.9. The maximum absolute atomic E-state index is 5.15. The first-order valence-corrected chi connectivity index (χ1v) is 10.8. The van der Waals surface area contributed by atoms with Crippen LogP contribution >= 0.6 is 12.2 Å². The van der Waals surface area contributed by atoms with E-state index in [1.165, 1.54) is 103 Å². The highest BCUT2D eigenvalue weighted by atomic mass is 32.1. The average Bonchev–Trinajstić information content (AvgIpc) is 2.54. The second-order valence-corrected chi connectivity index (χ2v) is 7.83. The normalized spacial score (nSPS) is 10.9. The molecule has 0 aromatic carbocycles. The third-order valence-corrected chi connectivity index (χ3v) is 5.20. The van der Waals surface area contributed by atoms with Crippen LogP contribution in [-0.4, -0.2) is 23.5 Å². The maximum atomic E-state index is 5.15. The van der Waals surface area contributed by atoms with Crippen LogP contribution in [0, 0.1) is 0 Å². The molecule has 0 aliphatic heterocycles. The number of unbranched alkanes of at least 4 members (excludes halogenated alkanes) is 15. The number of thiocarbonyl (C=S) groups is 1. The summed E-state index contributed by atoms with van der Waals surface area (Å²) in [6.07, 6.45) is 22.9. The van der Waals surface area contributed by atoms with Crippen LogP contribution in [0.1, 0.15) is 117 Å². The van der Waals surface area contributed by atoms with E-state index >= 15 is 0 Å². The van der Waals surface area contributed by atoms with Crippen molar-refractivity contribution >= 4 is 17.2 Å². The van der Waals surface area contributed by atoms with Gasteiger partial charge < -0.3 is 4.90 Å². The van der Waals surface area contributed by atoms with Gasteiger partial charge in [0.1, 0.15) is 0 Å². The summed E-state index contributed by atoms with van der Waals surface area (Å²) in [6.45, 7) is 5.44. The summed E-state index contributed by atoms with van der Waals surface area (Å²) in [7, 11) is 2.10. The van der Waals surface area contributed by atoms with Gasteiger partial charge in [-0.05, 0) is 13.3 Å². The number of rotatable bonds is 17. The Hall–Kier alpha value is -0.110. The lowest BCUT2D eigenvalue weighted by Gasteiger charge is -2.16. The van der Waals surface area contributed by atoms with Crippen LogP contribution in [0.2, 0.25) is 0 Å². The number of hydrogen-bond donors (Lipinski definition) is 0. The Kier molecular flexibility index (Phi) is 18.1. The lowest BCUT2D eigenvalue weighted by molar-refractivity contribution is 0.467. The largest absolute Gasteiger partial charge is 0.369 e. The van der Waals surface area contributed by atoms with Crippen molar-refractivity contribution in [1.82, 2.24) is 4.90 Å². The Morgan fingerprint density at radius 2 is 0.913 bits per heavy atom. The molecule has 0 saturated carbocycles. The molecule has 0 amide bonds. The molecule has 138 valence electrons. The van der Waals surface area contributed by atoms with Crippen molar-refractivity contribution in [3.8, 4) is 0 Å². The second kappa shape index (κ2) is 18.2. The molecule has 0 radical (unpaired) electrons. The quantitative estimate of drug-likeness (QED) is 0.199. The minimum Gasteiger partial charge on any atom is -0.369 e. The summed E-state index contributed by atoms with van der Waals surface area (Å²) in [5, 5.41) is 0. The van der Waals surface area contributed by atoms with Gasteiger partial charge in [0.25, 0.3) is 0 Å². The van der Waals surface area contributed by atoms with E-state index in [1.807, 2.05) is 6.92 Å². The summed E-state index contributed by atoms with van der Waals surface area (Å²) >= 11 is 5.15. The van der Waals surface area contributed by atoms with Crippen molar-refractivity contribution in [1.29, 1.82) is 0 Å². The van der Waals surface area contributed by atoms with Crippen molar-refractivity contribution < 1.29 is 0 Å². The molecule has 0 atom stereocenters. The maximum Gasteiger partial charge on any atom is 0.0745 e. The fourth-order valence-electron chi connectivity index (χ4n) is 3.05. The van der Waals surface area contributed by atoms with Gasteiger partial charge in [-0.2, -0.15) is 0 Å². The highest BCUT2D eigenvalue weighted by molar-refractivity contribution is 7.80. The molecule has 0 bridgehead atoms. The van der Waals surface area contributed by atoms with Crippen molar-refractivity contribution in [2.75, 3.05) is 13.6 Å². The first-order valence-electron chi connectivity index (χ1n) is 10.4. The molecule has 0 heterocycles. The van der Waals surface area contributed by atoms with Crippen molar-refractivity contribution in [3.63, 3.8) is 0 Å². The first-order chi connectivity index (χ1) is 11.2. The van der Waals surface area contributed by atoms with Gasteiger partial charge in [-0.25, -0.2) is 0 Å². The van der Waals surface area contributed by atoms with Crippen molar-refractivity contribution in [2.24, 2.45) is 0 Å². The molecule has 0 aromatic rings. The van der Waals surface area contributed by atoms with E-state index in [2.05, 4.69) is 18.9 Å². The molecule has 0 rings (SSSR count). The summed E-state index contributed by atoms with van der Waals surface area (Å²) in [4.78, 5) is 3.21. The highest BCUT2D eigenvalue weighted by Crippen LogP contribution is 2.13. The van der Waals surface area contributed by atoms with E-state index in [9.17, 15) is 0 Å². The summed E-state index contributed by atoms with van der Waals surface area (Å²) in [5.74, 6) is 0. The number of hydrogen-bond acceptors (Lipinski definition) is 1. The number of nitrogens with zero attached hydrogens (tertiary/aromatic N) is 1. The predicted molar refractivity (Wildman–Crippen MR) is 110 cm³/mol. The third-order valence-electron chi connectivity index (χ3n) is 4.88. The third kappa shape index (κ3) is 18.1. The van der Waals surface area contributed by atoms with Crippen LogP contribution in [-0.2, 0) is 0 Å². The van der Waals surface area contributed by atoms with Gasteiger partial charge >= 0.3 is 0 Å². The van der Waals surface area contributed by atoms with E-state index in [1.54, 1.807) is 0 Å². The Balaban J connectivity index is 3.04. The van der Waals surface area contributed by atoms with Gasteiger partial charge in [0.2, 0.25) is 0 Å². The van der Waals surface area contributed by atoms with Gasteiger partial charge in [0, 0.05) is 13.6 Å². The Bertz CT molecular complexity index is 252. The van der Waals surface area contributed by atoms with Crippen LogP contribution in [0.15, 0.2) is 0 Å². The average molecular weight is 342 g/mol. The molecule has 0 unspecified atom stereocenters. The van der Waals surface area contributed by atoms with E-state index in [-0.39, 0.29) is 0 Å². The van der Waals surface area contributed by atoms with E-state index < -0.39 is 0 Å². The zero-order valence-corrected chi connectivity index (χ0v) is 17.2. The van der Waals surface area contributed by atoms with Crippen LogP contribution < -0.4 is 0 Å². The van der Waals surface area contributed by atoms with Gasteiger partial charge in [0.05, 0.1) is 4.99 Å². The standard InChI is InChI=1S/C21H43NS/c1-4-5-6-7-8-9-10-11-12-13-14-15-16-17-18-19-20-22(3)21(2)23/h4-20H2,1-3H3. The highest BCUT2D eigenvalue weighted by Gasteiger charge is 1.98. The lowest BCUT2D eigenvalue weighted by Crippen LogP contribution is -2.23. The van der Waals surface area contributed by atoms with Gasteiger partial charge in [-0.1, -0.05) is 115 Å². The molecule has 0 saturated heterocycles. The molecule has 1 nitrogen and oxygen atoms in total. The predicted octanol–water partition coefficient (Wildman–Crippen LogP) is 7.53. The van der Waals surface area contributed by atoms with Gasteiger partial charge in [-0.3, -0.25) is 0 Å². The van der Waals surface area contributed by atoms with Crippen LogP contribution in [0.3, 0.4) is 0 Å². The van der Waals surface area contributed by atoms with Crippen molar-refractivity contribution in [2.45, 2.75) is 117 Å². The molecule has 0 spiro atoms. The summed E-state index contributed by atoms with van der Waals surface area (Å²) in [6, 6.07) is 0. The molecule has 0 fully saturated rings. The molecular weight excluding hydrogens is 298 g/mol. The molecule has 23 heavy (non-hydrogen) atoms. The molecule has 0 N–H and O–H groups in total. The van der Waals surface area contributed by atoms with E-state index in [4.69, 9.17) is 12.2 Å². The monoisotopic (exact) mass is 341 g/mol. The summed E-state index contributed by atoms with van der Waals surface area (Å²) in [5.41, 5.74) is 0. The van der Waals surface area contributed by atoms with Crippen molar-refractivity contribution in [3.05, 3.63) is 0 Å². The van der Waals surface area contributed by atoms with Gasteiger partial charge in [0.15, 0.2) is 0 Å². The smallest absolute Gasteiger partial charge is 0.0745 e. The second-order valence-electron chi connectivity index (χ2n) is 7.24. The van der Waals surface area contributed by atoms with E-state index in [0.29, 0.717) is 0 Å². The topological polar surface area (TPSA) is 3.24 Å². The molecule has 0 aromatic heterocycles. The molecule has 0 aliphatic carbocycles. The zero-order chi connectivity index (χ0) is 17.2. The minimum atomic E-state index is 1.02. The van der Waals surface area contributed by atoms with Crippen LogP contribution in [0.25, 0.3) is 0 Å². The van der Waals surface area contributed by atoms with E-state index in [0.717, 1.165) is 11.5 Å². The summed E-state index contributed by atoms with van der Waals surface area (Å²) < 4.78 is 0. The molecule has 0 aliphatic rings.